The van der Waals surface area contributed by atoms with Crippen molar-refractivity contribution >= 4 is 50.6 Å². The smallest absolute Gasteiger partial charge is 0.225 e. The van der Waals surface area contributed by atoms with E-state index in [1.54, 1.807) is 0 Å². The van der Waals surface area contributed by atoms with Gasteiger partial charge in [-0.3, -0.25) is 0 Å². The maximum absolute atomic E-state index is 9.18. The molecule has 3 rings (SSSR count). The molecule has 3 aromatic rings. The Morgan fingerprint density at radius 1 is 1.18 bits per heavy atom. The molecule has 0 saturated carbocycles. The molecule has 0 atom stereocenters. The Labute approximate surface area is 142 Å². The first-order valence-corrected chi connectivity index (χ1v) is 8.26. The predicted molar refractivity (Wildman–Crippen MR) is 93.2 cm³/mol. The van der Waals surface area contributed by atoms with Gasteiger partial charge < -0.3 is 10.0 Å². The first-order valence-electron chi connectivity index (χ1n) is 6.63. The summed E-state index contributed by atoms with van der Waals surface area (Å²) < 4.78 is 0. The van der Waals surface area contributed by atoms with Crippen LogP contribution in [0.4, 0.5) is 5.82 Å². The van der Waals surface area contributed by atoms with Crippen LogP contribution in [0.3, 0.4) is 0 Å². The van der Waals surface area contributed by atoms with Crippen molar-refractivity contribution in [1.82, 2.24) is 9.97 Å². The van der Waals surface area contributed by atoms with Gasteiger partial charge in [0, 0.05) is 29.6 Å². The quantitative estimate of drug-likeness (QED) is 0.717. The fraction of sp³-hybridized carbons (Fsp3) is 0.200. The van der Waals surface area contributed by atoms with E-state index in [-0.39, 0.29) is 11.9 Å². The van der Waals surface area contributed by atoms with E-state index in [0.29, 0.717) is 11.6 Å². The van der Waals surface area contributed by atoms with Gasteiger partial charge in [-0.2, -0.15) is 4.98 Å². The van der Waals surface area contributed by atoms with E-state index >= 15 is 0 Å². The van der Waals surface area contributed by atoms with Crippen molar-refractivity contribution in [2.75, 3.05) is 25.1 Å². The van der Waals surface area contributed by atoms with Crippen molar-refractivity contribution in [3.05, 3.63) is 40.0 Å². The molecule has 0 unspecified atom stereocenters. The van der Waals surface area contributed by atoms with Gasteiger partial charge in [0.15, 0.2) is 0 Å². The lowest BCUT2D eigenvalue weighted by Crippen LogP contribution is -2.22. The fourth-order valence-corrected chi connectivity index (χ4v) is 3.55. The minimum absolute atomic E-state index is 0.0417. The number of aliphatic hydroxyl groups excluding tert-OH is 1. The maximum atomic E-state index is 9.18. The second-order valence-corrected chi connectivity index (χ2v) is 6.43. The van der Waals surface area contributed by atoms with E-state index in [1.807, 2.05) is 41.6 Å². The van der Waals surface area contributed by atoms with Gasteiger partial charge >= 0.3 is 0 Å². The molecule has 114 valence electrons. The average molecular weight is 354 g/mol. The molecule has 0 saturated heterocycles. The zero-order valence-electron chi connectivity index (χ0n) is 11.8. The van der Waals surface area contributed by atoms with E-state index in [4.69, 9.17) is 23.2 Å². The van der Waals surface area contributed by atoms with Crippen molar-refractivity contribution < 1.29 is 5.11 Å². The number of rotatable bonds is 4. The largest absolute Gasteiger partial charge is 0.395 e. The van der Waals surface area contributed by atoms with Crippen LogP contribution in [0.5, 0.6) is 0 Å². The maximum Gasteiger partial charge on any atom is 0.225 e. The van der Waals surface area contributed by atoms with Crippen LogP contribution in [0.15, 0.2) is 29.6 Å². The highest BCUT2D eigenvalue weighted by Crippen LogP contribution is 2.38. The summed E-state index contributed by atoms with van der Waals surface area (Å²) in [4.78, 5) is 11.3. The number of thiophene rings is 1. The van der Waals surface area contributed by atoms with Gasteiger partial charge in [0.25, 0.3) is 0 Å². The summed E-state index contributed by atoms with van der Waals surface area (Å²) in [5.74, 6) is 0.718. The van der Waals surface area contributed by atoms with Crippen LogP contribution in [0.25, 0.3) is 21.3 Å². The number of anilines is 1. The molecule has 0 radical (unpaired) electrons. The first kappa shape index (κ1) is 15.5. The Hall–Kier alpha value is -1.40. The number of hydrogen-bond donors (Lipinski definition) is 1. The number of aliphatic hydroxyl groups is 1. The first-order chi connectivity index (χ1) is 10.6. The van der Waals surface area contributed by atoms with E-state index in [0.717, 1.165) is 27.2 Å². The number of likely N-dealkylation sites (N-methyl/N-ethyl adjacent to an activating group) is 1. The Balaban J connectivity index is 2.21. The van der Waals surface area contributed by atoms with Crippen molar-refractivity contribution in [3.8, 4) is 11.1 Å². The van der Waals surface area contributed by atoms with Crippen LogP contribution in [-0.4, -0.2) is 35.3 Å². The topological polar surface area (TPSA) is 49.2 Å². The molecule has 0 aliphatic rings. The molecule has 0 bridgehead atoms. The minimum atomic E-state index is 0.0417. The van der Waals surface area contributed by atoms with Crippen LogP contribution in [-0.2, 0) is 0 Å². The van der Waals surface area contributed by atoms with E-state index < -0.39 is 0 Å². The highest BCUT2D eigenvalue weighted by atomic mass is 35.5. The van der Waals surface area contributed by atoms with Crippen molar-refractivity contribution in [2.24, 2.45) is 0 Å². The second-order valence-electron chi connectivity index (χ2n) is 4.80. The normalized spacial score (nSPS) is 11.1. The van der Waals surface area contributed by atoms with Gasteiger partial charge in [0.05, 0.1) is 12.0 Å². The second kappa shape index (κ2) is 6.38. The minimum Gasteiger partial charge on any atom is -0.395 e. The number of aromatic nitrogens is 2. The summed E-state index contributed by atoms with van der Waals surface area (Å²) >= 11 is 13.5. The van der Waals surface area contributed by atoms with Crippen molar-refractivity contribution in [2.45, 2.75) is 0 Å². The Kier molecular flexibility index (Phi) is 4.49. The van der Waals surface area contributed by atoms with Gasteiger partial charge in [0.2, 0.25) is 5.28 Å². The van der Waals surface area contributed by atoms with Crippen LogP contribution in [0, 0.1) is 0 Å². The molecule has 1 aromatic carbocycles. The molecule has 2 heterocycles. The molecular formula is C15H13Cl2N3OS. The molecule has 1 N–H and O–H groups in total. The summed E-state index contributed by atoms with van der Waals surface area (Å²) in [5.41, 5.74) is 2.08. The third-order valence-electron chi connectivity index (χ3n) is 3.34. The fourth-order valence-electron chi connectivity index (χ4n) is 2.27. The SMILES string of the molecule is CN(CCO)c1nc(Cl)nc2scc(-c3ccc(Cl)cc3)c12. The molecular weight excluding hydrogens is 341 g/mol. The molecule has 0 aliphatic heterocycles. The third-order valence-corrected chi connectivity index (χ3v) is 4.63. The lowest BCUT2D eigenvalue weighted by Gasteiger charge is -2.18. The van der Waals surface area contributed by atoms with Gasteiger partial charge in [-0.1, -0.05) is 23.7 Å². The van der Waals surface area contributed by atoms with E-state index in [1.165, 1.54) is 11.3 Å². The van der Waals surface area contributed by atoms with Crippen LogP contribution < -0.4 is 4.90 Å². The summed E-state index contributed by atoms with van der Waals surface area (Å²) in [5, 5.41) is 13.1. The summed E-state index contributed by atoms with van der Waals surface area (Å²) in [6.07, 6.45) is 0. The van der Waals surface area contributed by atoms with E-state index in [9.17, 15) is 5.11 Å². The highest BCUT2D eigenvalue weighted by Gasteiger charge is 2.17. The average Bonchev–Trinajstić information content (AvgIpc) is 2.91. The van der Waals surface area contributed by atoms with Gasteiger partial charge in [-0.15, -0.1) is 11.3 Å². The van der Waals surface area contributed by atoms with Crippen molar-refractivity contribution in [3.63, 3.8) is 0 Å². The standard InChI is InChI=1S/C15H13Cl2N3OS/c1-20(6-7-21)13-12-11(9-2-4-10(16)5-3-9)8-22-14(12)19-15(17)18-13/h2-5,8,21H,6-7H2,1H3. The predicted octanol–water partition coefficient (Wildman–Crippen LogP) is 4.09. The van der Waals surface area contributed by atoms with Crippen LogP contribution >= 0.6 is 34.5 Å². The number of benzene rings is 1. The Bertz CT molecular complexity index is 804. The highest BCUT2D eigenvalue weighted by molar-refractivity contribution is 7.17. The Morgan fingerprint density at radius 2 is 1.91 bits per heavy atom. The van der Waals surface area contributed by atoms with Gasteiger partial charge in [0.1, 0.15) is 10.6 Å². The molecule has 7 heteroatoms. The van der Waals surface area contributed by atoms with Gasteiger partial charge in [-0.05, 0) is 29.3 Å². The molecule has 4 nitrogen and oxygen atoms in total. The molecule has 22 heavy (non-hydrogen) atoms. The zero-order valence-corrected chi connectivity index (χ0v) is 14.1. The number of nitrogens with zero attached hydrogens (tertiary/aromatic N) is 3. The van der Waals surface area contributed by atoms with Crippen LogP contribution in [0.2, 0.25) is 10.3 Å². The molecule has 0 spiro atoms. The molecule has 0 amide bonds. The monoisotopic (exact) mass is 353 g/mol. The zero-order chi connectivity index (χ0) is 15.7. The lowest BCUT2D eigenvalue weighted by molar-refractivity contribution is 0.304. The third kappa shape index (κ3) is 2.90. The summed E-state index contributed by atoms with van der Waals surface area (Å²) in [7, 11) is 1.87. The van der Waals surface area contributed by atoms with Crippen molar-refractivity contribution in [1.29, 1.82) is 0 Å². The summed E-state index contributed by atoms with van der Waals surface area (Å²) in [6, 6.07) is 7.64. The molecule has 2 aromatic heterocycles. The molecule has 0 aliphatic carbocycles. The summed E-state index contributed by atoms with van der Waals surface area (Å²) in [6.45, 7) is 0.512. The Morgan fingerprint density at radius 3 is 2.59 bits per heavy atom. The van der Waals surface area contributed by atoms with Crippen LogP contribution in [0.1, 0.15) is 0 Å². The number of halogens is 2. The number of hydrogen-bond acceptors (Lipinski definition) is 5. The number of fused-ring (bicyclic) bond motifs is 1. The lowest BCUT2D eigenvalue weighted by atomic mass is 10.1. The molecule has 0 fully saturated rings. The van der Waals surface area contributed by atoms with E-state index in [2.05, 4.69) is 9.97 Å². The van der Waals surface area contributed by atoms with Gasteiger partial charge in [-0.25, -0.2) is 4.98 Å².